The first kappa shape index (κ1) is 25.5. The summed E-state index contributed by atoms with van der Waals surface area (Å²) in [5.41, 5.74) is 8.02. The van der Waals surface area contributed by atoms with E-state index in [1.807, 2.05) is 29.2 Å². The molecule has 2 heterocycles. The van der Waals surface area contributed by atoms with E-state index in [0.29, 0.717) is 12.1 Å². The fraction of sp³-hybridized carbons (Fsp3) is 0.458. The average Bonchev–Trinajstić information content (AvgIpc) is 3.20. The molecule has 0 bridgehead atoms. The van der Waals surface area contributed by atoms with E-state index in [9.17, 15) is 4.79 Å². The smallest absolute Gasteiger partial charge is 0.253 e. The average molecular weight is 466 g/mol. The van der Waals surface area contributed by atoms with Crippen LogP contribution in [0.25, 0.3) is 0 Å². The van der Waals surface area contributed by atoms with Crippen molar-refractivity contribution < 1.29 is 9.53 Å². The van der Waals surface area contributed by atoms with Crippen LogP contribution in [0.15, 0.2) is 54.6 Å². The predicted octanol–water partition coefficient (Wildman–Crippen LogP) is 3.79. The van der Waals surface area contributed by atoms with Crippen LogP contribution in [0.5, 0.6) is 5.75 Å². The minimum atomic E-state index is 0. The molecular weight excluding hydrogens is 433 g/mol. The minimum Gasteiger partial charge on any atom is -0.490 e. The Bertz CT molecular complexity index is 796. The summed E-state index contributed by atoms with van der Waals surface area (Å²) in [4.78, 5) is 16.9. The molecule has 2 aliphatic rings. The summed E-state index contributed by atoms with van der Waals surface area (Å²) in [7, 11) is 0. The first-order valence-corrected chi connectivity index (χ1v) is 10.8. The maximum Gasteiger partial charge on any atom is 0.253 e. The van der Waals surface area contributed by atoms with E-state index >= 15 is 0 Å². The van der Waals surface area contributed by atoms with E-state index in [4.69, 9.17) is 10.5 Å². The summed E-state index contributed by atoms with van der Waals surface area (Å²) in [5.74, 6) is 0.915. The molecule has 0 radical (unpaired) electrons. The van der Waals surface area contributed by atoms with Crippen molar-refractivity contribution in [2.75, 3.05) is 32.7 Å². The molecule has 0 saturated carbocycles. The second-order valence-corrected chi connectivity index (χ2v) is 8.22. The molecule has 0 spiro atoms. The van der Waals surface area contributed by atoms with Crippen molar-refractivity contribution in [3.05, 3.63) is 65.7 Å². The number of amides is 1. The summed E-state index contributed by atoms with van der Waals surface area (Å²) in [6, 6.07) is 18.4. The Balaban J connectivity index is 0.00000171. The van der Waals surface area contributed by atoms with Crippen LogP contribution < -0.4 is 10.5 Å². The van der Waals surface area contributed by atoms with Crippen LogP contribution in [-0.2, 0) is 6.42 Å². The standard InChI is InChI=1S/C24H31N3O2.2ClH/c25-21-11-17-27(18-21)24(28)20-6-8-22(9-7-20)29-23-12-15-26(16-13-23)14-10-19-4-2-1-3-5-19;;/h1-9,21,23H,10-18,25H2;2*1H/t21-;;/m0../s1. The van der Waals surface area contributed by atoms with Gasteiger partial charge in [-0.3, -0.25) is 4.79 Å². The highest BCUT2D eigenvalue weighted by Gasteiger charge is 2.25. The number of ether oxygens (including phenoxy) is 1. The predicted molar refractivity (Wildman–Crippen MR) is 130 cm³/mol. The molecule has 7 heteroatoms. The van der Waals surface area contributed by atoms with Gasteiger partial charge in [0.05, 0.1) is 0 Å². The van der Waals surface area contributed by atoms with E-state index in [-0.39, 0.29) is 42.9 Å². The lowest BCUT2D eigenvalue weighted by atomic mass is 10.1. The van der Waals surface area contributed by atoms with Crippen molar-refractivity contribution in [2.45, 2.75) is 37.8 Å². The normalized spacial score (nSPS) is 19.4. The van der Waals surface area contributed by atoms with Crippen molar-refractivity contribution in [1.29, 1.82) is 0 Å². The number of hydrogen-bond acceptors (Lipinski definition) is 4. The molecule has 2 fully saturated rings. The third-order valence-corrected chi connectivity index (χ3v) is 6.01. The van der Waals surface area contributed by atoms with Gasteiger partial charge in [0.15, 0.2) is 0 Å². The van der Waals surface area contributed by atoms with Crippen LogP contribution in [-0.4, -0.2) is 60.6 Å². The Labute approximate surface area is 197 Å². The van der Waals surface area contributed by atoms with E-state index in [1.165, 1.54) is 5.56 Å². The second kappa shape index (κ2) is 12.3. The van der Waals surface area contributed by atoms with Gasteiger partial charge in [-0.1, -0.05) is 30.3 Å². The van der Waals surface area contributed by atoms with Gasteiger partial charge in [-0.15, -0.1) is 24.8 Å². The molecule has 2 N–H and O–H groups in total. The van der Waals surface area contributed by atoms with Gasteiger partial charge in [-0.05, 0) is 55.5 Å². The molecule has 4 rings (SSSR count). The minimum absolute atomic E-state index is 0. The van der Waals surface area contributed by atoms with Crippen molar-refractivity contribution in [2.24, 2.45) is 5.73 Å². The zero-order valence-electron chi connectivity index (χ0n) is 17.8. The molecule has 31 heavy (non-hydrogen) atoms. The summed E-state index contributed by atoms with van der Waals surface area (Å²) in [6.07, 6.45) is 4.32. The largest absolute Gasteiger partial charge is 0.490 e. The van der Waals surface area contributed by atoms with Gasteiger partial charge in [0.25, 0.3) is 5.91 Å². The molecule has 1 amide bonds. The molecule has 2 aromatic carbocycles. The van der Waals surface area contributed by atoms with Gasteiger partial charge < -0.3 is 20.3 Å². The molecule has 1 atom stereocenters. The molecule has 0 aliphatic carbocycles. The van der Waals surface area contributed by atoms with E-state index in [1.54, 1.807) is 0 Å². The molecule has 0 unspecified atom stereocenters. The first-order chi connectivity index (χ1) is 14.2. The number of halogens is 2. The number of carbonyl (C=O) groups excluding carboxylic acids is 1. The Morgan fingerprint density at radius 3 is 2.23 bits per heavy atom. The van der Waals surface area contributed by atoms with Crippen molar-refractivity contribution in [3.8, 4) is 5.75 Å². The number of nitrogens with zero attached hydrogens (tertiary/aromatic N) is 2. The first-order valence-electron chi connectivity index (χ1n) is 10.8. The fourth-order valence-corrected chi connectivity index (χ4v) is 4.21. The Hall–Kier alpha value is -1.79. The van der Waals surface area contributed by atoms with E-state index in [2.05, 4.69) is 35.2 Å². The highest BCUT2D eigenvalue weighted by molar-refractivity contribution is 5.94. The number of carbonyl (C=O) groups is 1. The van der Waals surface area contributed by atoms with Gasteiger partial charge in [0.2, 0.25) is 0 Å². The van der Waals surface area contributed by atoms with E-state index in [0.717, 1.165) is 57.6 Å². The molecule has 170 valence electrons. The molecule has 5 nitrogen and oxygen atoms in total. The Morgan fingerprint density at radius 2 is 1.61 bits per heavy atom. The second-order valence-electron chi connectivity index (χ2n) is 8.22. The lowest BCUT2D eigenvalue weighted by Crippen LogP contribution is -2.39. The third-order valence-electron chi connectivity index (χ3n) is 6.01. The number of benzene rings is 2. The summed E-state index contributed by atoms with van der Waals surface area (Å²) >= 11 is 0. The lowest BCUT2D eigenvalue weighted by Gasteiger charge is -2.32. The molecule has 2 aliphatic heterocycles. The molecular formula is C24H33Cl2N3O2. The van der Waals surface area contributed by atoms with Gasteiger partial charge in [-0.25, -0.2) is 0 Å². The summed E-state index contributed by atoms with van der Waals surface area (Å²) < 4.78 is 6.17. The van der Waals surface area contributed by atoms with Crippen LogP contribution in [0.2, 0.25) is 0 Å². The van der Waals surface area contributed by atoms with Crippen molar-refractivity contribution in [3.63, 3.8) is 0 Å². The third kappa shape index (κ3) is 7.11. The van der Waals surface area contributed by atoms with Crippen molar-refractivity contribution in [1.82, 2.24) is 9.80 Å². The lowest BCUT2D eigenvalue weighted by molar-refractivity contribution is 0.0790. The topological polar surface area (TPSA) is 58.8 Å². The monoisotopic (exact) mass is 465 g/mol. The number of hydrogen-bond donors (Lipinski definition) is 1. The van der Waals surface area contributed by atoms with Crippen LogP contribution in [0.1, 0.15) is 35.2 Å². The van der Waals surface area contributed by atoms with Crippen LogP contribution in [0.3, 0.4) is 0 Å². The number of likely N-dealkylation sites (tertiary alicyclic amines) is 2. The quantitative estimate of drug-likeness (QED) is 0.704. The Kier molecular flexibility index (Phi) is 10.1. The van der Waals surface area contributed by atoms with Crippen LogP contribution in [0.4, 0.5) is 0 Å². The fourth-order valence-electron chi connectivity index (χ4n) is 4.21. The molecule has 2 saturated heterocycles. The van der Waals surface area contributed by atoms with Crippen molar-refractivity contribution >= 4 is 30.7 Å². The Morgan fingerprint density at radius 1 is 0.935 bits per heavy atom. The van der Waals surface area contributed by atoms with Crippen LogP contribution >= 0.6 is 24.8 Å². The van der Waals surface area contributed by atoms with Gasteiger partial charge in [-0.2, -0.15) is 0 Å². The van der Waals surface area contributed by atoms with E-state index < -0.39 is 0 Å². The van der Waals surface area contributed by atoms with Gasteiger partial charge >= 0.3 is 0 Å². The SMILES string of the molecule is Cl.Cl.N[C@H]1CCN(C(=O)c2ccc(OC3CCN(CCc4ccccc4)CC3)cc2)C1. The highest BCUT2D eigenvalue weighted by atomic mass is 35.5. The van der Waals surface area contributed by atoms with Gasteiger partial charge in [0, 0.05) is 44.3 Å². The molecule has 0 aromatic heterocycles. The maximum absolute atomic E-state index is 12.5. The highest BCUT2D eigenvalue weighted by Crippen LogP contribution is 2.21. The van der Waals surface area contributed by atoms with Gasteiger partial charge in [0.1, 0.15) is 11.9 Å². The zero-order valence-corrected chi connectivity index (χ0v) is 19.5. The summed E-state index contributed by atoms with van der Waals surface area (Å²) in [5, 5.41) is 0. The summed E-state index contributed by atoms with van der Waals surface area (Å²) in [6.45, 7) is 4.65. The molecule has 2 aromatic rings. The zero-order chi connectivity index (χ0) is 20.1. The number of nitrogens with two attached hydrogens (primary N) is 1. The number of rotatable bonds is 6. The number of piperidine rings is 1. The maximum atomic E-state index is 12.5. The van der Waals surface area contributed by atoms with Crippen LogP contribution in [0, 0.1) is 0 Å².